The van der Waals surface area contributed by atoms with Gasteiger partial charge in [0.1, 0.15) is 5.82 Å². The average Bonchev–Trinajstić information content (AvgIpc) is 2.62. The molecule has 0 saturated heterocycles. The minimum atomic E-state index is 0.00307. The highest BCUT2D eigenvalue weighted by molar-refractivity contribution is 5.92. The first kappa shape index (κ1) is 15.9. The molecular weight excluding hydrogens is 300 g/mol. The minimum absolute atomic E-state index is 0.00307. The summed E-state index contributed by atoms with van der Waals surface area (Å²) < 4.78 is 0. The maximum absolute atomic E-state index is 11.7. The molecule has 24 heavy (non-hydrogen) atoms. The Morgan fingerprint density at radius 1 is 1.08 bits per heavy atom. The van der Waals surface area contributed by atoms with Gasteiger partial charge < -0.3 is 10.6 Å². The van der Waals surface area contributed by atoms with E-state index in [0.717, 1.165) is 35.1 Å². The molecule has 5 heteroatoms. The van der Waals surface area contributed by atoms with E-state index in [0.29, 0.717) is 12.2 Å². The lowest BCUT2D eigenvalue weighted by molar-refractivity contribution is -0.116. The lowest BCUT2D eigenvalue weighted by Crippen LogP contribution is -2.12. The van der Waals surface area contributed by atoms with Crippen LogP contribution in [-0.4, -0.2) is 15.9 Å². The van der Waals surface area contributed by atoms with Gasteiger partial charge >= 0.3 is 0 Å². The second-order valence-electron chi connectivity index (χ2n) is 5.59. The Bertz CT molecular complexity index is 825. The van der Waals surface area contributed by atoms with Gasteiger partial charge in [0.25, 0.3) is 0 Å². The third-order valence-corrected chi connectivity index (χ3v) is 3.70. The molecule has 0 aliphatic heterocycles. The molecule has 0 aliphatic carbocycles. The molecule has 2 N–H and O–H groups in total. The maximum atomic E-state index is 11.7. The van der Waals surface area contributed by atoms with Crippen molar-refractivity contribution in [1.29, 1.82) is 0 Å². The van der Waals surface area contributed by atoms with Crippen molar-refractivity contribution in [2.75, 3.05) is 10.6 Å². The third kappa shape index (κ3) is 3.87. The van der Waals surface area contributed by atoms with Crippen LogP contribution in [0.3, 0.4) is 0 Å². The van der Waals surface area contributed by atoms with Crippen LogP contribution >= 0.6 is 0 Å². The number of carbonyl (C=O) groups excluding carboxylic acids is 1. The monoisotopic (exact) mass is 320 g/mol. The first-order valence-corrected chi connectivity index (χ1v) is 8.13. The molecule has 0 unspecified atom stereocenters. The maximum Gasteiger partial charge on any atom is 0.225 e. The van der Waals surface area contributed by atoms with E-state index < -0.39 is 0 Å². The number of carbonyl (C=O) groups is 1. The van der Waals surface area contributed by atoms with Crippen LogP contribution < -0.4 is 10.6 Å². The van der Waals surface area contributed by atoms with Gasteiger partial charge in [-0.05, 0) is 30.7 Å². The highest BCUT2D eigenvalue weighted by Gasteiger charge is 2.05. The zero-order valence-corrected chi connectivity index (χ0v) is 13.6. The van der Waals surface area contributed by atoms with Gasteiger partial charge in [-0.2, -0.15) is 0 Å². The standard InChI is InChI=1S/C19H20N4O/c1-2-3-9-18(24)23-17-11-10-15(13-21-17)22-16-8-4-6-14-7-5-12-20-19(14)16/h4-8,10-13,22H,2-3,9H2,1H3,(H,21,23,24). The zero-order chi connectivity index (χ0) is 16.8. The quantitative estimate of drug-likeness (QED) is 0.701. The molecule has 0 spiro atoms. The van der Waals surface area contributed by atoms with E-state index in [2.05, 4.69) is 27.5 Å². The number of aromatic nitrogens is 2. The molecule has 2 aromatic heterocycles. The Hall–Kier alpha value is -2.95. The topological polar surface area (TPSA) is 66.9 Å². The summed E-state index contributed by atoms with van der Waals surface area (Å²) in [4.78, 5) is 20.4. The molecule has 1 amide bonds. The molecule has 5 nitrogen and oxygen atoms in total. The fourth-order valence-electron chi connectivity index (χ4n) is 2.45. The molecule has 3 rings (SSSR count). The smallest absolute Gasteiger partial charge is 0.225 e. The van der Waals surface area contributed by atoms with Crippen molar-refractivity contribution in [3.63, 3.8) is 0 Å². The van der Waals surface area contributed by atoms with Gasteiger partial charge in [-0.25, -0.2) is 4.98 Å². The van der Waals surface area contributed by atoms with Crippen molar-refractivity contribution in [1.82, 2.24) is 9.97 Å². The first-order valence-electron chi connectivity index (χ1n) is 8.13. The number of fused-ring (bicyclic) bond motifs is 1. The highest BCUT2D eigenvalue weighted by atomic mass is 16.1. The van der Waals surface area contributed by atoms with E-state index in [-0.39, 0.29) is 5.91 Å². The van der Waals surface area contributed by atoms with E-state index in [1.165, 1.54) is 0 Å². The van der Waals surface area contributed by atoms with Crippen molar-refractivity contribution in [2.45, 2.75) is 26.2 Å². The number of hydrogen-bond donors (Lipinski definition) is 2. The molecule has 0 bridgehead atoms. The van der Waals surface area contributed by atoms with Crippen LogP contribution in [0, 0.1) is 0 Å². The van der Waals surface area contributed by atoms with Crippen LogP contribution in [0.25, 0.3) is 10.9 Å². The molecule has 3 aromatic rings. The number of rotatable bonds is 6. The Labute approximate surface area is 141 Å². The predicted molar refractivity (Wildman–Crippen MR) is 97.4 cm³/mol. The number of benzene rings is 1. The first-order chi connectivity index (χ1) is 11.8. The number of unbranched alkanes of at least 4 members (excludes halogenated alkanes) is 1. The Morgan fingerprint density at radius 3 is 2.75 bits per heavy atom. The summed E-state index contributed by atoms with van der Waals surface area (Å²) in [5.41, 5.74) is 2.69. The molecule has 0 saturated carbocycles. The highest BCUT2D eigenvalue weighted by Crippen LogP contribution is 2.24. The normalized spacial score (nSPS) is 10.5. The number of amides is 1. The zero-order valence-electron chi connectivity index (χ0n) is 13.6. The van der Waals surface area contributed by atoms with Crippen LogP contribution in [-0.2, 0) is 4.79 Å². The Morgan fingerprint density at radius 2 is 1.96 bits per heavy atom. The summed E-state index contributed by atoms with van der Waals surface area (Å²) in [5, 5.41) is 7.21. The number of nitrogens with zero attached hydrogens (tertiary/aromatic N) is 2. The van der Waals surface area contributed by atoms with Gasteiger partial charge in [-0.1, -0.05) is 31.5 Å². The largest absolute Gasteiger partial charge is 0.352 e. The van der Waals surface area contributed by atoms with E-state index in [1.54, 1.807) is 18.5 Å². The number of anilines is 3. The summed E-state index contributed by atoms with van der Waals surface area (Å²) in [6, 6.07) is 13.6. The second-order valence-corrected chi connectivity index (χ2v) is 5.59. The SMILES string of the molecule is CCCCC(=O)Nc1ccc(Nc2cccc3cccnc23)cn1. The van der Waals surface area contributed by atoms with Crippen LogP contribution in [0.2, 0.25) is 0 Å². The predicted octanol–water partition coefficient (Wildman–Crippen LogP) is 4.50. The molecular formula is C19H20N4O. The van der Waals surface area contributed by atoms with E-state index >= 15 is 0 Å². The van der Waals surface area contributed by atoms with Gasteiger partial charge in [-0.15, -0.1) is 0 Å². The van der Waals surface area contributed by atoms with E-state index in [9.17, 15) is 4.79 Å². The number of para-hydroxylation sites is 1. The molecule has 2 heterocycles. The summed E-state index contributed by atoms with van der Waals surface area (Å²) in [7, 11) is 0. The molecule has 0 radical (unpaired) electrons. The van der Waals surface area contributed by atoms with Gasteiger partial charge in [-0.3, -0.25) is 9.78 Å². The van der Waals surface area contributed by atoms with Crippen LogP contribution in [0.5, 0.6) is 0 Å². The molecule has 0 atom stereocenters. The van der Waals surface area contributed by atoms with Crippen LogP contribution in [0.4, 0.5) is 17.2 Å². The second kappa shape index (κ2) is 7.55. The van der Waals surface area contributed by atoms with Crippen molar-refractivity contribution >= 4 is 34.0 Å². The lowest BCUT2D eigenvalue weighted by Gasteiger charge is -2.10. The Kier molecular flexibility index (Phi) is 5.01. The van der Waals surface area contributed by atoms with Crippen LogP contribution in [0.1, 0.15) is 26.2 Å². The average molecular weight is 320 g/mol. The van der Waals surface area contributed by atoms with Crippen molar-refractivity contribution < 1.29 is 4.79 Å². The molecule has 0 fully saturated rings. The fourth-order valence-corrected chi connectivity index (χ4v) is 2.45. The van der Waals surface area contributed by atoms with Crippen molar-refractivity contribution in [2.24, 2.45) is 0 Å². The van der Waals surface area contributed by atoms with Crippen molar-refractivity contribution in [3.05, 3.63) is 54.9 Å². The summed E-state index contributed by atoms with van der Waals surface area (Å²) in [5.74, 6) is 0.570. The molecule has 0 aliphatic rings. The number of nitrogens with one attached hydrogen (secondary N) is 2. The minimum Gasteiger partial charge on any atom is -0.352 e. The molecule has 122 valence electrons. The van der Waals surface area contributed by atoms with E-state index in [4.69, 9.17) is 0 Å². The number of pyridine rings is 2. The fraction of sp³-hybridized carbons (Fsp3) is 0.211. The van der Waals surface area contributed by atoms with Gasteiger partial charge in [0, 0.05) is 18.0 Å². The summed E-state index contributed by atoms with van der Waals surface area (Å²) >= 11 is 0. The van der Waals surface area contributed by atoms with Crippen molar-refractivity contribution in [3.8, 4) is 0 Å². The lowest BCUT2D eigenvalue weighted by atomic mass is 10.2. The third-order valence-electron chi connectivity index (χ3n) is 3.70. The van der Waals surface area contributed by atoms with Gasteiger partial charge in [0.2, 0.25) is 5.91 Å². The van der Waals surface area contributed by atoms with Gasteiger partial charge in [0.05, 0.1) is 23.1 Å². The van der Waals surface area contributed by atoms with Gasteiger partial charge in [0.15, 0.2) is 0 Å². The summed E-state index contributed by atoms with van der Waals surface area (Å²) in [6.45, 7) is 2.06. The Balaban J connectivity index is 1.71. The van der Waals surface area contributed by atoms with Crippen LogP contribution in [0.15, 0.2) is 54.9 Å². The molecule has 1 aromatic carbocycles. The summed E-state index contributed by atoms with van der Waals surface area (Å²) in [6.07, 6.45) is 5.90. The number of hydrogen-bond acceptors (Lipinski definition) is 4. The van der Waals surface area contributed by atoms with E-state index in [1.807, 2.05) is 36.4 Å².